The Morgan fingerprint density at radius 1 is 1.28 bits per heavy atom. The smallest absolute Gasteiger partial charge is 0.213 e. The van der Waals surface area contributed by atoms with E-state index in [1.54, 1.807) is 12.5 Å². The van der Waals surface area contributed by atoms with Crippen LogP contribution in [-0.2, 0) is 4.74 Å². The molecule has 2 aromatic rings. The maximum Gasteiger partial charge on any atom is 0.213 e. The molecule has 2 saturated heterocycles. The first kappa shape index (κ1) is 16.1. The van der Waals surface area contributed by atoms with Crippen molar-refractivity contribution in [1.82, 2.24) is 15.0 Å². The lowest BCUT2D eigenvalue weighted by molar-refractivity contribution is -0.0529. The summed E-state index contributed by atoms with van der Waals surface area (Å²) in [6, 6.07) is 7.73. The van der Waals surface area contributed by atoms with Gasteiger partial charge in [0.15, 0.2) is 0 Å². The molecule has 0 N–H and O–H groups in total. The van der Waals surface area contributed by atoms with E-state index in [4.69, 9.17) is 9.47 Å². The standard InChI is InChI=1S/C18H23N5O2/c1-22(2)15-9-16(21-13-20-15)23-11-18(12-23)14(6-8-25-18)10-24-17-5-3-4-7-19-17/h3-5,7,9,13-14H,6,8,10-12H2,1-2H3. The van der Waals surface area contributed by atoms with Crippen molar-refractivity contribution in [3.63, 3.8) is 0 Å². The first-order valence-corrected chi connectivity index (χ1v) is 8.58. The molecule has 0 amide bonds. The Kier molecular flexibility index (Phi) is 4.17. The number of pyridine rings is 1. The van der Waals surface area contributed by atoms with Gasteiger partial charge in [-0.15, -0.1) is 0 Å². The van der Waals surface area contributed by atoms with Gasteiger partial charge >= 0.3 is 0 Å². The van der Waals surface area contributed by atoms with Gasteiger partial charge in [-0.1, -0.05) is 6.07 Å². The number of aromatic nitrogens is 3. The Hall–Kier alpha value is -2.41. The zero-order valence-electron chi connectivity index (χ0n) is 14.6. The monoisotopic (exact) mass is 341 g/mol. The minimum atomic E-state index is -0.127. The number of nitrogens with zero attached hydrogens (tertiary/aromatic N) is 5. The Morgan fingerprint density at radius 2 is 2.16 bits per heavy atom. The molecule has 0 saturated carbocycles. The first-order chi connectivity index (χ1) is 12.2. The van der Waals surface area contributed by atoms with Crippen LogP contribution in [0.1, 0.15) is 6.42 Å². The second kappa shape index (κ2) is 6.48. The zero-order chi connectivity index (χ0) is 17.3. The molecule has 7 nitrogen and oxygen atoms in total. The van der Waals surface area contributed by atoms with E-state index < -0.39 is 0 Å². The van der Waals surface area contributed by atoms with Crippen molar-refractivity contribution in [1.29, 1.82) is 0 Å². The topological polar surface area (TPSA) is 63.6 Å². The van der Waals surface area contributed by atoms with Gasteiger partial charge in [0.2, 0.25) is 5.88 Å². The van der Waals surface area contributed by atoms with Gasteiger partial charge in [0.25, 0.3) is 0 Å². The normalized spacial score (nSPS) is 21.2. The third kappa shape index (κ3) is 3.11. The molecule has 0 bridgehead atoms. The van der Waals surface area contributed by atoms with Crippen molar-refractivity contribution in [3.8, 4) is 5.88 Å². The van der Waals surface area contributed by atoms with E-state index in [0.29, 0.717) is 18.4 Å². The lowest BCUT2D eigenvalue weighted by Crippen LogP contribution is -2.65. The Labute approximate surface area is 147 Å². The summed E-state index contributed by atoms with van der Waals surface area (Å²) in [7, 11) is 3.96. The molecule has 2 aliphatic rings. The summed E-state index contributed by atoms with van der Waals surface area (Å²) in [6.07, 6.45) is 4.39. The van der Waals surface area contributed by atoms with E-state index in [2.05, 4.69) is 19.9 Å². The predicted octanol–water partition coefficient (Wildman–Crippen LogP) is 1.61. The Bertz CT molecular complexity index is 718. The molecular formula is C18H23N5O2. The molecule has 2 fully saturated rings. The molecular weight excluding hydrogens is 318 g/mol. The molecule has 0 radical (unpaired) electrons. The maximum atomic E-state index is 6.11. The summed E-state index contributed by atoms with van der Waals surface area (Å²) in [6.45, 7) is 3.11. The van der Waals surface area contributed by atoms with Gasteiger partial charge in [0, 0.05) is 44.9 Å². The van der Waals surface area contributed by atoms with E-state index in [1.165, 1.54) is 0 Å². The molecule has 2 aliphatic heterocycles. The third-order valence-corrected chi connectivity index (χ3v) is 5.01. The summed E-state index contributed by atoms with van der Waals surface area (Å²) >= 11 is 0. The number of hydrogen-bond acceptors (Lipinski definition) is 7. The summed E-state index contributed by atoms with van der Waals surface area (Å²) in [5.74, 6) is 2.91. The number of ether oxygens (including phenoxy) is 2. The highest BCUT2D eigenvalue weighted by molar-refractivity contribution is 5.52. The molecule has 1 spiro atoms. The van der Waals surface area contributed by atoms with Crippen LogP contribution in [0.3, 0.4) is 0 Å². The van der Waals surface area contributed by atoms with Crippen molar-refractivity contribution in [2.75, 3.05) is 50.2 Å². The van der Waals surface area contributed by atoms with E-state index in [0.717, 1.165) is 37.8 Å². The summed E-state index contributed by atoms with van der Waals surface area (Å²) < 4.78 is 12.0. The van der Waals surface area contributed by atoms with Crippen LogP contribution in [0.4, 0.5) is 11.6 Å². The van der Waals surface area contributed by atoms with E-state index >= 15 is 0 Å². The molecule has 1 unspecified atom stereocenters. The minimum absolute atomic E-state index is 0.127. The fraction of sp³-hybridized carbons (Fsp3) is 0.500. The second-order valence-electron chi connectivity index (χ2n) is 6.86. The molecule has 4 rings (SSSR count). The molecule has 4 heterocycles. The summed E-state index contributed by atoms with van der Waals surface area (Å²) in [5.41, 5.74) is -0.127. The Morgan fingerprint density at radius 3 is 2.92 bits per heavy atom. The molecule has 2 aromatic heterocycles. The summed E-state index contributed by atoms with van der Waals surface area (Å²) in [4.78, 5) is 17.1. The van der Waals surface area contributed by atoms with Crippen LogP contribution >= 0.6 is 0 Å². The lowest BCUT2D eigenvalue weighted by atomic mass is 9.81. The molecule has 1 atom stereocenters. The van der Waals surface area contributed by atoms with Gasteiger partial charge in [-0.25, -0.2) is 15.0 Å². The van der Waals surface area contributed by atoms with Crippen molar-refractivity contribution in [2.45, 2.75) is 12.0 Å². The van der Waals surface area contributed by atoms with Crippen molar-refractivity contribution < 1.29 is 9.47 Å². The highest BCUT2D eigenvalue weighted by Gasteiger charge is 2.53. The average Bonchev–Trinajstić information content (AvgIpc) is 3.03. The fourth-order valence-corrected chi connectivity index (χ4v) is 3.50. The van der Waals surface area contributed by atoms with Crippen LogP contribution in [0.5, 0.6) is 5.88 Å². The van der Waals surface area contributed by atoms with Crippen LogP contribution in [0.25, 0.3) is 0 Å². The van der Waals surface area contributed by atoms with Gasteiger partial charge in [-0.2, -0.15) is 0 Å². The van der Waals surface area contributed by atoms with Gasteiger partial charge in [0.05, 0.1) is 19.7 Å². The molecule has 0 aromatic carbocycles. The van der Waals surface area contributed by atoms with Gasteiger partial charge in [-0.3, -0.25) is 0 Å². The lowest BCUT2D eigenvalue weighted by Gasteiger charge is -2.50. The third-order valence-electron chi connectivity index (χ3n) is 5.01. The summed E-state index contributed by atoms with van der Waals surface area (Å²) in [5, 5.41) is 0. The average molecular weight is 341 g/mol. The second-order valence-corrected chi connectivity index (χ2v) is 6.86. The Balaban J connectivity index is 1.39. The maximum absolute atomic E-state index is 6.11. The van der Waals surface area contributed by atoms with Crippen LogP contribution in [0.15, 0.2) is 36.8 Å². The molecule has 132 valence electrons. The van der Waals surface area contributed by atoms with E-state index in [-0.39, 0.29) is 5.60 Å². The van der Waals surface area contributed by atoms with Gasteiger partial charge in [-0.05, 0) is 12.5 Å². The van der Waals surface area contributed by atoms with E-state index in [1.807, 2.05) is 43.3 Å². The molecule has 0 aliphatic carbocycles. The quantitative estimate of drug-likeness (QED) is 0.819. The van der Waals surface area contributed by atoms with Crippen LogP contribution in [0.2, 0.25) is 0 Å². The SMILES string of the molecule is CN(C)c1cc(N2CC3(C2)OCCC3COc2ccccn2)ncn1. The van der Waals surface area contributed by atoms with E-state index in [9.17, 15) is 0 Å². The van der Waals surface area contributed by atoms with Crippen molar-refractivity contribution in [3.05, 3.63) is 36.8 Å². The van der Waals surface area contributed by atoms with Crippen LogP contribution < -0.4 is 14.5 Å². The highest BCUT2D eigenvalue weighted by atomic mass is 16.5. The number of anilines is 2. The first-order valence-electron chi connectivity index (χ1n) is 8.58. The number of hydrogen-bond donors (Lipinski definition) is 0. The fourth-order valence-electron chi connectivity index (χ4n) is 3.50. The number of rotatable bonds is 5. The largest absolute Gasteiger partial charge is 0.477 e. The predicted molar refractivity (Wildman–Crippen MR) is 95.1 cm³/mol. The van der Waals surface area contributed by atoms with Gasteiger partial charge in [0.1, 0.15) is 23.6 Å². The molecule has 25 heavy (non-hydrogen) atoms. The van der Waals surface area contributed by atoms with Crippen LogP contribution in [0, 0.1) is 5.92 Å². The highest BCUT2D eigenvalue weighted by Crippen LogP contribution is 2.41. The minimum Gasteiger partial charge on any atom is -0.477 e. The zero-order valence-corrected chi connectivity index (χ0v) is 14.6. The van der Waals surface area contributed by atoms with Crippen LogP contribution in [-0.4, -0.2) is 61.0 Å². The van der Waals surface area contributed by atoms with Gasteiger partial charge < -0.3 is 19.3 Å². The van der Waals surface area contributed by atoms with Crippen molar-refractivity contribution in [2.24, 2.45) is 5.92 Å². The molecule has 7 heteroatoms. The van der Waals surface area contributed by atoms with Crippen molar-refractivity contribution >= 4 is 11.6 Å².